The number of nitrogens with one attached hydrogen (secondary N) is 1. The number of hydrogen-bond acceptors (Lipinski definition) is 2. The van der Waals surface area contributed by atoms with Crippen LogP contribution in [-0.2, 0) is 0 Å². The summed E-state index contributed by atoms with van der Waals surface area (Å²) < 4.78 is 0. The molecule has 2 fully saturated rings. The van der Waals surface area contributed by atoms with Crippen LogP contribution in [0.3, 0.4) is 0 Å². The molecule has 1 aliphatic carbocycles. The lowest BCUT2D eigenvalue weighted by Gasteiger charge is -2.31. The quantitative estimate of drug-likeness (QED) is 0.760. The van der Waals surface area contributed by atoms with E-state index in [0.29, 0.717) is 12.1 Å². The number of amidine groups is 1. The maximum absolute atomic E-state index is 4.90. The van der Waals surface area contributed by atoms with E-state index in [1.54, 1.807) is 0 Å². The van der Waals surface area contributed by atoms with Crippen molar-refractivity contribution in [3.63, 3.8) is 0 Å². The zero-order valence-electron chi connectivity index (χ0n) is 10.7. The van der Waals surface area contributed by atoms with Gasteiger partial charge in [-0.05, 0) is 44.4 Å². The first kappa shape index (κ1) is 12.3. The van der Waals surface area contributed by atoms with E-state index in [2.05, 4.69) is 26.1 Å². The van der Waals surface area contributed by atoms with E-state index in [1.807, 2.05) is 11.8 Å². The van der Waals surface area contributed by atoms with Crippen LogP contribution < -0.4 is 5.32 Å². The molecule has 0 amide bonds. The molecule has 92 valence electrons. The van der Waals surface area contributed by atoms with Gasteiger partial charge in [-0.2, -0.15) is 0 Å². The third kappa shape index (κ3) is 3.16. The molecule has 4 atom stereocenters. The predicted molar refractivity (Wildman–Crippen MR) is 73.1 cm³/mol. The van der Waals surface area contributed by atoms with E-state index in [1.165, 1.54) is 36.6 Å². The molecule has 1 aliphatic heterocycles. The molecule has 16 heavy (non-hydrogen) atoms. The van der Waals surface area contributed by atoms with Gasteiger partial charge in [0.25, 0.3) is 0 Å². The minimum atomic E-state index is 0.575. The first-order valence-corrected chi connectivity index (χ1v) is 7.61. The second kappa shape index (κ2) is 5.44. The van der Waals surface area contributed by atoms with Crippen molar-refractivity contribution in [3.8, 4) is 0 Å². The first-order valence-electron chi connectivity index (χ1n) is 6.62. The summed E-state index contributed by atoms with van der Waals surface area (Å²) in [5.74, 6) is 2.96. The van der Waals surface area contributed by atoms with E-state index < -0.39 is 0 Å². The molecule has 0 spiro atoms. The maximum Gasteiger partial charge on any atom is 0.157 e. The van der Waals surface area contributed by atoms with Crippen molar-refractivity contribution in [3.05, 3.63) is 0 Å². The Morgan fingerprint density at radius 1 is 1.12 bits per heavy atom. The molecule has 2 aliphatic rings. The fraction of sp³-hybridized carbons (Fsp3) is 0.923. The van der Waals surface area contributed by atoms with Gasteiger partial charge < -0.3 is 5.32 Å². The standard InChI is InChI=1S/C13H24N2S/c1-9-4-5-12(8-10(9)2)15-13-14-11(3)6-7-16-13/h9-12H,4-8H2,1-3H3,(H,14,15). The Hall–Kier alpha value is -0.180. The average Bonchev–Trinajstić information content (AvgIpc) is 2.24. The molecule has 1 heterocycles. The van der Waals surface area contributed by atoms with E-state index in [-0.39, 0.29) is 0 Å². The summed E-state index contributed by atoms with van der Waals surface area (Å²) in [6, 6.07) is 1.19. The Kier molecular flexibility index (Phi) is 4.17. The highest BCUT2D eigenvalue weighted by Gasteiger charge is 2.25. The molecule has 3 heteroatoms. The lowest BCUT2D eigenvalue weighted by atomic mass is 9.79. The molecule has 1 N–H and O–H groups in total. The van der Waals surface area contributed by atoms with Gasteiger partial charge >= 0.3 is 0 Å². The SMILES string of the molecule is CC1CCSC(=NC2CCC(C)C(C)C2)N1. The molecule has 1 saturated heterocycles. The zero-order valence-corrected chi connectivity index (χ0v) is 11.5. The van der Waals surface area contributed by atoms with Crippen molar-refractivity contribution < 1.29 is 0 Å². The van der Waals surface area contributed by atoms with Crippen molar-refractivity contribution >= 4 is 16.9 Å². The van der Waals surface area contributed by atoms with Crippen LogP contribution >= 0.6 is 11.8 Å². The summed E-state index contributed by atoms with van der Waals surface area (Å²) in [6.45, 7) is 7.01. The number of nitrogens with zero attached hydrogens (tertiary/aromatic N) is 1. The lowest BCUT2D eigenvalue weighted by Crippen LogP contribution is -2.37. The van der Waals surface area contributed by atoms with Gasteiger partial charge in [0.2, 0.25) is 0 Å². The number of hydrogen-bond donors (Lipinski definition) is 1. The lowest BCUT2D eigenvalue weighted by molar-refractivity contribution is 0.252. The molecule has 0 radical (unpaired) electrons. The molecule has 0 aromatic rings. The van der Waals surface area contributed by atoms with Crippen LogP contribution in [-0.4, -0.2) is 23.0 Å². The van der Waals surface area contributed by atoms with Gasteiger partial charge in [0, 0.05) is 11.8 Å². The van der Waals surface area contributed by atoms with E-state index >= 15 is 0 Å². The van der Waals surface area contributed by atoms with Gasteiger partial charge in [-0.15, -0.1) is 0 Å². The van der Waals surface area contributed by atoms with E-state index in [9.17, 15) is 0 Å². The van der Waals surface area contributed by atoms with E-state index in [4.69, 9.17) is 4.99 Å². The summed E-state index contributed by atoms with van der Waals surface area (Å²) >= 11 is 1.90. The monoisotopic (exact) mass is 240 g/mol. The molecule has 2 rings (SSSR count). The number of aliphatic imine (C=N–C) groups is 1. The van der Waals surface area contributed by atoms with Crippen LogP contribution in [0.4, 0.5) is 0 Å². The molecule has 0 aromatic heterocycles. The average molecular weight is 240 g/mol. The molecule has 1 saturated carbocycles. The van der Waals surface area contributed by atoms with Crippen molar-refractivity contribution in [1.82, 2.24) is 5.32 Å². The van der Waals surface area contributed by atoms with Crippen LogP contribution in [0.5, 0.6) is 0 Å². The summed E-state index contributed by atoms with van der Waals surface area (Å²) in [6.07, 6.45) is 5.18. The van der Waals surface area contributed by atoms with Gasteiger partial charge in [0.15, 0.2) is 5.17 Å². The Morgan fingerprint density at radius 3 is 2.62 bits per heavy atom. The first-order chi connectivity index (χ1) is 7.65. The fourth-order valence-electron chi connectivity index (χ4n) is 2.53. The predicted octanol–water partition coefficient (Wildman–Crippen LogP) is 3.28. The molecule has 0 bridgehead atoms. The Bertz CT molecular complexity index is 265. The highest BCUT2D eigenvalue weighted by molar-refractivity contribution is 8.13. The minimum absolute atomic E-state index is 0.575. The number of rotatable bonds is 1. The largest absolute Gasteiger partial charge is 0.362 e. The van der Waals surface area contributed by atoms with Crippen LogP contribution in [0.25, 0.3) is 0 Å². The van der Waals surface area contributed by atoms with Gasteiger partial charge in [0.05, 0.1) is 6.04 Å². The van der Waals surface area contributed by atoms with Gasteiger partial charge in [-0.3, -0.25) is 4.99 Å². The number of thioether (sulfide) groups is 1. The van der Waals surface area contributed by atoms with Crippen LogP contribution in [0.1, 0.15) is 46.5 Å². The summed E-state index contributed by atoms with van der Waals surface area (Å²) in [7, 11) is 0. The van der Waals surface area contributed by atoms with Crippen molar-refractivity contribution in [2.75, 3.05) is 5.75 Å². The van der Waals surface area contributed by atoms with Crippen LogP contribution in [0.15, 0.2) is 4.99 Å². The van der Waals surface area contributed by atoms with Crippen molar-refractivity contribution in [2.24, 2.45) is 16.8 Å². The summed E-state index contributed by atoms with van der Waals surface area (Å²) in [4.78, 5) is 4.90. The topological polar surface area (TPSA) is 24.4 Å². The third-order valence-corrected chi connectivity index (χ3v) is 4.97. The van der Waals surface area contributed by atoms with Crippen LogP contribution in [0.2, 0.25) is 0 Å². The molecule has 4 unspecified atom stereocenters. The zero-order chi connectivity index (χ0) is 11.5. The normalized spacial score (nSPS) is 43.1. The smallest absolute Gasteiger partial charge is 0.157 e. The molecular weight excluding hydrogens is 216 g/mol. The minimum Gasteiger partial charge on any atom is -0.362 e. The van der Waals surface area contributed by atoms with Crippen molar-refractivity contribution in [1.29, 1.82) is 0 Å². The Labute approximate surface area is 104 Å². The maximum atomic E-state index is 4.90. The van der Waals surface area contributed by atoms with Gasteiger partial charge in [0.1, 0.15) is 0 Å². The third-order valence-electron chi connectivity index (χ3n) is 4.03. The van der Waals surface area contributed by atoms with E-state index in [0.717, 1.165) is 11.8 Å². The summed E-state index contributed by atoms with van der Waals surface area (Å²) in [5, 5.41) is 4.70. The summed E-state index contributed by atoms with van der Waals surface area (Å²) in [5.41, 5.74) is 0. The molecule has 0 aromatic carbocycles. The van der Waals surface area contributed by atoms with Crippen LogP contribution in [0, 0.1) is 11.8 Å². The second-order valence-corrected chi connectivity index (χ2v) is 6.62. The second-order valence-electron chi connectivity index (χ2n) is 5.54. The molecule has 2 nitrogen and oxygen atoms in total. The highest BCUT2D eigenvalue weighted by atomic mass is 32.2. The highest BCUT2D eigenvalue weighted by Crippen LogP contribution is 2.31. The van der Waals surface area contributed by atoms with Crippen molar-refractivity contribution in [2.45, 2.75) is 58.5 Å². The Balaban J connectivity index is 1.90. The molecular formula is C13H24N2S. The fourth-order valence-corrected chi connectivity index (χ4v) is 3.71. The van der Waals surface area contributed by atoms with Gasteiger partial charge in [-0.1, -0.05) is 25.6 Å². The Morgan fingerprint density at radius 2 is 1.94 bits per heavy atom. The van der Waals surface area contributed by atoms with Gasteiger partial charge in [-0.25, -0.2) is 0 Å².